The topological polar surface area (TPSA) is 49.2 Å². The van der Waals surface area contributed by atoms with Gasteiger partial charge in [-0.2, -0.15) is 4.98 Å². The number of hydrogen-bond donors (Lipinski definition) is 0. The maximum absolute atomic E-state index is 5.08. The maximum atomic E-state index is 5.08. The minimum Gasteiger partial charge on any atom is -0.433 e. The fraction of sp³-hybridized carbons (Fsp3) is 0.500. The van der Waals surface area contributed by atoms with Crippen LogP contribution in [-0.4, -0.2) is 28.2 Å². The van der Waals surface area contributed by atoms with Crippen LogP contribution in [0.3, 0.4) is 0 Å². The van der Waals surface area contributed by atoms with Crippen molar-refractivity contribution in [2.75, 3.05) is 7.11 Å². The van der Waals surface area contributed by atoms with E-state index in [1.54, 1.807) is 14.0 Å². The Morgan fingerprint density at radius 1 is 1.73 bits per heavy atom. The Morgan fingerprint density at radius 2 is 2.45 bits per heavy atom. The number of nitrogens with zero attached hydrogens (tertiary/aromatic N) is 3. The van der Waals surface area contributed by atoms with Gasteiger partial charge in [0, 0.05) is 7.11 Å². The molecule has 1 atom stereocenters. The van der Waals surface area contributed by atoms with Crippen LogP contribution in [-0.2, 0) is 4.74 Å². The molecule has 1 aromatic heterocycles. The molecule has 5 nitrogen and oxygen atoms in total. The van der Waals surface area contributed by atoms with E-state index in [1.165, 1.54) is 11.0 Å². The van der Waals surface area contributed by atoms with E-state index in [1.807, 2.05) is 0 Å². The molecule has 0 N–H and O–H groups in total. The van der Waals surface area contributed by atoms with Gasteiger partial charge in [-0.05, 0) is 6.92 Å². The number of ether oxygens (including phenoxy) is 2. The van der Waals surface area contributed by atoms with E-state index in [0.29, 0.717) is 0 Å². The largest absolute Gasteiger partial charge is 0.433 e. The lowest BCUT2D eigenvalue weighted by Crippen LogP contribution is -2.14. The summed E-state index contributed by atoms with van der Waals surface area (Å²) in [5.41, 5.74) is 0. The predicted octanol–water partition coefficient (Wildman–Crippen LogP) is 0.289. The molecule has 0 aliphatic carbocycles. The van der Waals surface area contributed by atoms with Gasteiger partial charge in [-0.15, -0.1) is 5.10 Å². The van der Waals surface area contributed by atoms with Gasteiger partial charge < -0.3 is 9.47 Å². The fourth-order valence-corrected chi connectivity index (χ4v) is 0.528. The van der Waals surface area contributed by atoms with Crippen LogP contribution in [0.25, 0.3) is 0 Å². The van der Waals surface area contributed by atoms with E-state index in [-0.39, 0.29) is 12.3 Å². The van der Waals surface area contributed by atoms with Crippen LogP contribution in [0.4, 0.5) is 0 Å². The average Bonchev–Trinajstić information content (AvgIpc) is 2.35. The molecular formula is C6H10N3O2. The third-order valence-electron chi connectivity index (χ3n) is 1.12. The molecule has 0 bridgehead atoms. The Balaban J connectivity index is 2.50. The molecule has 0 amide bonds. The van der Waals surface area contributed by atoms with Gasteiger partial charge in [-0.3, -0.25) is 0 Å². The van der Waals surface area contributed by atoms with Crippen LogP contribution >= 0.6 is 0 Å². The van der Waals surface area contributed by atoms with Crippen LogP contribution in [0.1, 0.15) is 6.92 Å². The monoisotopic (exact) mass is 156 g/mol. The Labute approximate surface area is 64.9 Å². The van der Waals surface area contributed by atoms with E-state index >= 15 is 0 Å². The van der Waals surface area contributed by atoms with Crippen molar-refractivity contribution in [2.24, 2.45) is 0 Å². The molecule has 0 aromatic carbocycles. The van der Waals surface area contributed by atoms with E-state index in [9.17, 15) is 0 Å². The first-order valence-corrected chi connectivity index (χ1v) is 3.14. The lowest BCUT2D eigenvalue weighted by Gasteiger charge is -2.07. The second-order valence-electron chi connectivity index (χ2n) is 1.99. The Bertz CT molecular complexity index is 223. The number of rotatable bonds is 3. The van der Waals surface area contributed by atoms with Gasteiger partial charge in [0.2, 0.25) is 0 Å². The summed E-state index contributed by atoms with van der Waals surface area (Å²) in [5.74, 6) is 0. The van der Waals surface area contributed by atoms with Gasteiger partial charge in [0.1, 0.15) is 6.33 Å². The molecule has 0 saturated carbocycles. The predicted molar refractivity (Wildman–Crippen MR) is 37.9 cm³/mol. The summed E-state index contributed by atoms with van der Waals surface area (Å²) in [5, 5.41) is 3.79. The molecule has 1 radical (unpaired) electrons. The third-order valence-corrected chi connectivity index (χ3v) is 1.12. The highest BCUT2D eigenvalue weighted by Crippen LogP contribution is 2.02. The SMILES string of the molecule is [CH2]n1cnc(OC(C)OC)n1. The molecule has 1 heterocycles. The normalized spacial score (nSPS) is 13.0. The zero-order valence-corrected chi connectivity index (χ0v) is 6.52. The highest BCUT2D eigenvalue weighted by atomic mass is 16.7. The van der Waals surface area contributed by atoms with Gasteiger partial charge in [-0.1, -0.05) is 0 Å². The molecule has 0 fully saturated rings. The highest BCUT2D eigenvalue weighted by Gasteiger charge is 2.04. The van der Waals surface area contributed by atoms with E-state index < -0.39 is 0 Å². The molecule has 11 heavy (non-hydrogen) atoms. The number of aromatic nitrogens is 3. The summed E-state index contributed by atoms with van der Waals surface area (Å²) in [6.07, 6.45) is 1.12. The first-order valence-electron chi connectivity index (χ1n) is 3.14. The molecule has 0 spiro atoms. The summed E-state index contributed by atoms with van der Waals surface area (Å²) < 4.78 is 11.2. The summed E-state index contributed by atoms with van der Waals surface area (Å²) in [4.78, 5) is 3.79. The van der Waals surface area contributed by atoms with Crippen LogP contribution < -0.4 is 4.74 Å². The van der Waals surface area contributed by atoms with Gasteiger partial charge in [0.05, 0.1) is 7.05 Å². The summed E-state index contributed by atoms with van der Waals surface area (Å²) in [7, 11) is 5.04. The first-order chi connectivity index (χ1) is 5.22. The third kappa shape index (κ3) is 2.19. The molecule has 1 aromatic rings. The van der Waals surface area contributed by atoms with Crippen molar-refractivity contribution < 1.29 is 9.47 Å². The van der Waals surface area contributed by atoms with Crippen molar-refractivity contribution in [1.29, 1.82) is 0 Å². The van der Waals surface area contributed by atoms with Crippen LogP contribution in [0.15, 0.2) is 6.33 Å². The van der Waals surface area contributed by atoms with Gasteiger partial charge in [-0.25, -0.2) is 4.68 Å². The molecule has 0 aliphatic heterocycles. The first kappa shape index (κ1) is 8.00. The van der Waals surface area contributed by atoms with Crippen LogP contribution in [0.2, 0.25) is 0 Å². The smallest absolute Gasteiger partial charge is 0.337 e. The number of hydrogen-bond acceptors (Lipinski definition) is 4. The lowest BCUT2D eigenvalue weighted by atomic mass is 10.7. The standard InChI is InChI=1S/C6H10N3O2/c1-5(10-3)11-6-7-4-9(2)8-6/h4-5H,2H2,1,3H3. The second-order valence-corrected chi connectivity index (χ2v) is 1.99. The molecular weight excluding hydrogens is 146 g/mol. The Hall–Kier alpha value is -1.10. The van der Waals surface area contributed by atoms with Crippen molar-refractivity contribution in [3.05, 3.63) is 13.4 Å². The molecule has 5 heteroatoms. The van der Waals surface area contributed by atoms with E-state index in [0.717, 1.165) is 0 Å². The van der Waals surface area contributed by atoms with Crippen LogP contribution in [0, 0.1) is 7.05 Å². The molecule has 1 unspecified atom stereocenters. The van der Waals surface area contributed by atoms with Crippen molar-refractivity contribution in [1.82, 2.24) is 14.8 Å². The molecule has 0 aliphatic rings. The summed E-state index contributed by atoms with van der Waals surface area (Å²) in [6, 6.07) is 0.273. The minimum absolute atomic E-state index is 0.273. The summed E-state index contributed by atoms with van der Waals surface area (Å²) >= 11 is 0. The van der Waals surface area contributed by atoms with Crippen LogP contribution in [0.5, 0.6) is 6.01 Å². The molecule has 1 rings (SSSR count). The van der Waals surface area contributed by atoms with E-state index in [4.69, 9.17) is 9.47 Å². The van der Waals surface area contributed by atoms with Gasteiger partial charge in [0.15, 0.2) is 6.29 Å². The zero-order valence-electron chi connectivity index (χ0n) is 6.52. The van der Waals surface area contributed by atoms with Crippen molar-refractivity contribution in [3.63, 3.8) is 0 Å². The summed E-state index contributed by atoms with van der Waals surface area (Å²) in [6.45, 7) is 1.75. The highest BCUT2D eigenvalue weighted by molar-refractivity contribution is 4.87. The minimum atomic E-state index is -0.336. The van der Waals surface area contributed by atoms with Crippen molar-refractivity contribution in [2.45, 2.75) is 13.2 Å². The van der Waals surface area contributed by atoms with Gasteiger partial charge >= 0.3 is 6.01 Å². The molecule has 61 valence electrons. The lowest BCUT2D eigenvalue weighted by molar-refractivity contribution is -0.0438. The average molecular weight is 156 g/mol. The Morgan fingerprint density at radius 3 is 2.91 bits per heavy atom. The van der Waals surface area contributed by atoms with E-state index in [2.05, 4.69) is 17.1 Å². The molecule has 0 saturated heterocycles. The zero-order chi connectivity index (χ0) is 8.27. The quantitative estimate of drug-likeness (QED) is 0.590. The van der Waals surface area contributed by atoms with Crippen molar-refractivity contribution >= 4 is 0 Å². The fourth-order valence-electron chi connectivity index (χ4n) is 0.528. The number of methoxy groups -OCH3 is 1. The van der Waals surface area contributed by atoms with Crippen molar-refractivity contribution in [3.8, 4) is 6.01 Å². The second kappa shape index (κ2) is 3.34. The maximum Gasteiger partial charge on any atom is 0.337 e. The Kier molecular flexibility index (Phi) is 2.43. The van der Waals surface area contributed by atoms with Gasteiger partial charge in [0.25, 0.3) is 0 Å².